The van der Waals surface area contributed by atoms with Gasteiger partial charge in [-0.15, -0.1) is 16.4 Å². The second kappa shape index (κ2) is 6.11. The van der Waals surface area contributed by atoms with E-state index in [1.54, 1.807) is 11.3 Å². The van der Waals surface area contributed by atoms with E-state index in [0.29, 0.717) is 6.04 Å². The number of aromatic nitrogens is 4. The Balaban J connectivity index is 1.53. The zero-order valence-corrected chi connectivity index (χ0v) is 14.7. The van der Waals surface area contributed by atoms with Crippen LogP contribution in [0.15, 0.2) is 42.7 Å². The van der Waals surface area contributed by atoms with E-state index >= 15 is 0 Å². The molecule has 1 aliphatic carbocycles. The molecule has 0 unspecified atom stereocenters. The largest absolute Gasteiger partial charge is 0.366 e. The van der Waals surface area contributed by atoms with Crippen molar-refractivity contribution in [2.75, 3.05) is 5.32 Å². The quantitative estimate of drug-likeness (QED) is 0.580. The number of hydrogen-bond donors (Lipinski definition) is 1. The number of thiophene rings is 1. The first-order valence-corrected chi connectivity index (χ1v) is 9.65. The Kier molecular flexibility index (Phi) is 3.63. The molecule has 0 amide bonds. The Morgan fingerprint density at radius 2 is 2.00 bits per heavy atom. The summed E-state index contributed by atoms with van der Waals surface area (Å²) in [6.07, 6.45) is 10.2. The molecular formula is C19H19N5S. The van der Waals surface area contributed by atoms with Crippen LogP contribution in [0.1, 0.15) is 32.1 Å². The average molecular weight is 349 g/mol. The van der Waals surface area contributed by atoms with Crippen LogP contribution in [-0.2, 0) is 0 Å². The van der Waals surface area contributed by atoms with Crippen molar-refractivity contribution in [2.24, 2.45) is 0 Å². The highest BCUT2D eigenvalue weighted by atomic mass is 32.1. The summed E-state index contributed by atoms with van der Waals surface area (Å²) in [5, 5.41) is 9.57. The number of fused-ring (bicyclic) bond motifs is 2. The van der Waals surface area contributed by atoms with Crippen LogP contribution in [0, 0.1) is 0 Å². The predicted octanol–water partition coefficient (Wildman–Crippen LogP) is 4.75. The van der Waals surface area contributed by atoms with E-state index in [4.69, 9.17) is 5.10 Å². The van der Waals surface area contributed by atoms with Gasteiger partial charge in [-0.25, -0.2) is 14.5 Å². The van der Waals surface area contributed by atoms with Gasteiger partial charge in [0, 0.05) is 17.6 Å². The highest BCUT2D eigenvalue weighted by Crippen LogP contribution is 2.32. The Labute approximate surface area is 149 Å². The van der Waals surface area contributed by atoms with Crippen molar-refractivity contribution in [1.82, 2.24) is 19.6 Å². The summed E-state index contributed by atoms with van der Waals surface area (Å²) in [6.45, 7) is 0. The average Bonchev–Trinajstić information content (AvgIpc) is 3.25. The van der Waals surface area contributed by atoms with Gasteiger partial charge in [-0.05, 0) is 37.1 Å². The first kappa shape index (κ1) is 14.8. The van der Waals surface area contributed by atoms with E-state index in [-0.39, 0.29) is 0 Å². The van der Waals surface area contributed by atoms with Gasteiger partial charge in [0.1, 0.15) is 16.3 Å². The zero-order chi connectivity index (χ0) is 16.6. The summed E-state index contributed by atoms with van der Waals surface area (Å²) in [7, 11) is 0. The van der Waals surface area contributed by atoms with E-state index in [9.17, 15) is 0 Å². The van der Waals surface area contributed by atoms with Gasteiger partial charge in [-0.1, -0.05) is 25.3 Å². The van der Waals surface area contributed by atoms with Crippen molar-refractivity contribution in [3.8, 4) is 10.6 Å². The number of pyridine rings is 1. The molecule has 0 aromatic carbocycles. The highest BCUT2D eigenvalue weighted by molar-refractivity contribution is 7.21. The van der Waals surface area contributed by atoms with Gasteiger partial charge < -0.3 is 5.32 Å². The standard InChI is InChI=1S/C19H19N5S/c1-2-6-14(7-3-1)22-17-8-9-18-21-12-15(24(18)23-17)16-11-13-5-4-10-20-19(13)25-16/h4-5,8-12,14H,1-3,6-7H2,(H,22,23). The van der Waals surface area contributed by atoms with Crippen LogP contribution in [-0.4, -0.2) is 25.6 Å². The van der Waals surface area contributed by atoms with Crippen LogP contribution in [0.25, 0.3) is 26.4 Å². The molecule has 25 heavy (non-hydrogen) atoms. The van der Waals surface area contributed by atoms with E-state index in [1.165, 1.54) is 32.1 Å². The minimum Gasteiger partial charge on any atom is -0.366 e. The lowest BCUT2D eigenvalue weighted by molar-refractivity contribution is 0.461. The van der Waals surface area contributed by atoms with E-state index in [0.717, 1.165) is 32.3 Å². The minimum absolute atomic E-state index is 0.541. The summed E-state index contributed by atoms with van der Waals surface area (Å²) < 4.78 is 1.94. The molecule has 1 aliphatic rings. The molecule has 4 heterocycles. The van der Waals surface area contributed by atoms with Crippen LogP contribution < -0.4 is 5.32 Å². The highest BCUT2D eigenvalue weighted by Gasteiger charge is 2.15. The van der Waals surface area contributed by atoms with Crippen LogP contribution in [0.5, 0.6) is 0 Å². The summed E-state index contributed by atoms with van der Waals surface area (Å²) in [5.41, 5.74) is 1.89. The molecular weight excluding hydrogens is 330 g/mol. The molecule has 1 fully saturated rings. The Morgan fingerprint density at radius 1 is 1.08 bits per heavy atom. The Bertz CT molecular complexity index is 996. The van der Waals surface area contributed by atoms with E-state index in [1.807, 2.05) is 35.1 Å². The number of anilines is 1. The van der Waals surface area contributed by atoms with Crippen molar-refractivity contribution in [2.45, 2.75) is 38.1 Å². The molecule has 0 atom stereocenters. The molecule has 6 heteroatoms. The summed E-state index contributed by atoms with van der Waals surface area (Å²) in [6, 6.07) is 10.8. The van der Waals surface area contributed by atoms with Gasteiger partial charge >= 0.3 is 0 Å². The van der Waals surface area contributed by atoms with E-state index < -0.39 is 0 Å². The predicted molar refractivity (Wildman–Crippen MR) is 102 cm³/mol. The molecule has 0 saturated heterocycles. The van der Waals surface area contributed by atoms with Crippen LogP contribution in [0.4, 0.5) is 5.82 Å². The van der Waals surface area contributed by atoms with Crippen LogP contribution in [0.3, 0.4) is 0 Å². The normalized spacial score (nSPS) is 15.8. The zero-order valence-electron chi connectivity index (χ0n) is 13.9. The number of imidazole rings is 1. The third-order valence-electron chi connectivity index (χ3n) is 4.87. The monoisotopic (exact) mass is 349 g/mol. The molecule has 4 aromatic rings. The van der Waals surface area contributed by atoms with Gasteiger partial charge in [0.15, 0.2) is 5.65 Å². The third kappa shape index (κ3) is 2.76. The molecule has 4 aromatic heterocycles. The Hall–Kier alpha value is -2.47. The molecule has 1 N–H and O–H groups in total. The number of nitrogens with zero attached hydrogens (tertiary/aromatic N) is 4. The van der Waals surface area contributed by atoms with Crippen molar-refractivity contribution in [1.29, 1.82) is 0 Å². The van der Waals surface area contributed by atoms with Crippen molar-refractivity contribution >= 4 is 33.0 Å². The maximum atomic E-state index is 4.81. The number of rotatable bonds is 3. The van der Waals surface area contributed by atoms with Gasteiger partial charge in [0.2, 0.25) is 0 Å². The first-order chi connectivity index (χ1) is 12.4. The lowest BCUT2D eigenvalue weighted by Crippen LogP contribution is -2.23. The first-order valence-electron chi connectivity index (χ1n) is 8.83. The summed E-state index contributed by atoms with van der Waals surface area (Å²) >= 11 is 1.68. The number of nitrogens with one attached hydrogen (secondary N) is 1. The smallest absolute Gasteiger partial charge is 0.154 e. The summed E-state index contributed by atoms with van der Waals surface area (Å²) in [5.74, 6) is 0.929. The maximum absolute atomic E-state index is 4.81. The molecule has 0 radical (unpaired) electrons. The SMILES string of the molecule is c1cnc2sc(-c3cnc4ccc(NC5CCCCC5)nn34)cc2c1. The van der Waals surface area contributed by atoms with Crippen molar-refractivity contribution in [3.05, 3.63) is 42.7 Å². The number of hydrogen-bond acceptors (Lipinski definition) is 5. The second-order valence-electron chi connectivity index (χ2n) is 6.62. The molecule has 1 saturated carbocycles. The molecule has 5 nitrogen and oxygen atoms in total. The fraction of sp³-hybridized carbons (Fsp3) is 0.316. The van der Waals surface area contributed by atoms with Crippen LogP contribution >= 0.6 is 11.3 Å². The third-order valence-corrected chi connectivity index (χ3v) is 5.95. The molecule has 5 rings (SSSR count). The molecule has 126 valence electrons. The fourth-order valence-corrected chi connectivity index (χ4v) is 4.57. The van der Waals surface area contributed by atoms with Crippen molar-refractivity contribution in [3.63, 3.8) is 0 Å². The van der Waals surface area contributed by atoms with Gasteiger partial charge in [0.05, 0.1) is 11.1 Å². The van der Waals surface area contributed by atoms with Crippen LogP contribution in [0.2, 0.25) is 0 Å². The summed E-state index contributed by atoms with van der Waals surface area (Å²) in [4.78, 5) is 11.1. The topological polar surface area (TPSA) is 55.1 Å². The molecule has 0 bridgehead atoms. The molecule has 0 spiro atoms. The van der Waals surface area contributed by atoms with Gasteiger partial charge in [0.25, 0.3) is 0 Å². The minimum atomic E-state index is 0.541. The lowest BCUT2D eigenvalue weighted by atomic mass is 9.95. The van der Waals surface area contributed by atoms with Gasteiger partial charge in [-0.2, -0.15) is 0 Å². The lowest BCUT2D eigenvalue weighted by Gasteiger charge is -2.23. The van der Waals surface area contributed by atoms with Crippen molar-refractivity contribution < 1.29 is 0 Å². The Morgan fingerprint density at radius 3 is 2.88 bits per heavy atom. The van der Waals surface area contributed by atoms with E-state index in [2.05, 4.69) is 27.4 Å². The second-order valence-corrected chi connectivity index (χ2v) is 7.65. The van der Waals surface area contributed by atoms with Gasteiger partial charge in [-0.3, -0.25) is 0 Å². The maximum Gasteiger partial charge on any atom is 0.154 e. The molecule has 0 aliphatic heterocycles. The fourth-order valence-electron chi connectivity index (χ4n) is 3.57.